The molecule has 0 radical (unpaired) electrons. The molecule has 4 saturated carbocycles. The van der Waals surface area contributed by atoms with Crippen molar-refractivity contribution in [3.05, 3.63) is 34.4 Å². The van der Waals surface area contributed by atoms with E-state index in [9.17, 15) is 19.8 Å². The SMILES string of the molecule is C[C@]12CC[C@H](N(CCCN3CCCC3)C(=O)O)C[C@H]1CC[C@@H]1[C@@H]2CC[C@]2(C)[C@@H](c3ccc(=O)oc3)CC[C@]12O. The summed E-state index contributed by atoms with van der Waals surface area (Å²) in [5.41, 5.74) is -0.0386. The normalized spacial score (nSPS) is 42.0. The van der Waals surface area contributed by atoms with Crippen LogP contribution < -0.4 is 5.63 Å². The fraction of sp³-hybridized carbons (Fsp3) is 0.812. The van der Waals surface area contributed by atoms with E-state index in [4.69, 9.17) is 4.42 Å². The summed E-state index contributed by atoms with van der Waals surface area (Å²) in [7, 11) is 0. The van der Waals surface area contributed by atoms with Gasteiger partial charge in [-0.2, -0.15) is 0 Å². The van der Waals surface area contributed by atoms with E-state index < -0.39 is 11.7 Å². The monoisotopic (exact) mass is 540 g/mol. The van der Waals surface area contributed by atoms with Gasteiger partial charge in [0.25, 0.3) is 0 Å². The van der Waals surface area contributed by atoms with Crippen molar-refractivity contribution in [3.8, 4) is 0 Å². The van der Waals surface area contributed by atoms with E-state index in [2.05, 4.69) is 18.7 Å². The Balaban J connectivity index is 1.15. The molecule has 1 aromatic heterocycles. The zero-order valence-electron chi connectivity index (χ0n) is 23.9. The predicted octanol–water partition coefficient (Wildman–Crippen LogP) is 5.72. The molecule has 2 N–H and O–H groups in total. The minimum atomic E-state index is -0.754. The van der Waals surface area contributed by atoms with Crippen LogP contribution in [0.4, 0.5) is 4.79 Å². The summed E-state index contributed by atoms with van der Waals surface area (Å²) in [6, 6.07) is 3.54. The molecule has 0 spiro atoms. The average Bonchev–Trinajstić information content (AvgIpc) is 3.52. The van der Waals surface area contributed by atoms with Crippen molar-refractivity contribution in [1.82, 2.24) is 9.80 Å². The molecule has 7 nitrogen and oxygen atoms in total. The van der Waals surface area contributed by atoms with Crippen LogP contribution in [0.3, 0.4) is 0 Å². The first-order valence-electron chi connectivity index (χ1n) is 15.7. The van der Waals surface area contributed by atoms with Gasteiger partial charge >= 0.3 is 11.7 Å². The number of hydrogen-bond acceptors (Lipinski definition) is 5. The third-order valence-electron chi connectivity index (χ3n) is 12.7. The Morgan fingerprint density at radius 2 is 1.85 bits per heavy atom. The number of amides is 1. The molecule has 0 bridgehead atoms. The third-order valence-corrected chi connectivity index (χ3v) is 12.7. The molecule has 1 aliphatic heterocycles. The van der Waals surface area contributed by atoms with E-state index in [0.717, 1.165) is 89.4 Å². The molecule has 5 aliphatic rings. The zero-order valence-corrected chi connectivity index (χ0v) is 23.9. The van der Waals surface area contributed by atoms with Crippen molar-refractivity contribution in [2.45, 2.75) is 108 Å². The van der Waals surface area contributed by atoms with Gasteiger partial charge in [-0.15, -0.1) is 0 Å². The summed E-state index contributed by atoms with van der Waals surface area (Å²) in [5.74, 6) is 1.49. The lowest BCUT2D eigenvalue weighted by Gasteiger charge is -2.64. The fourth-order valence-corrected chi connectivity index (χ4v) is 10.5. The Morgan fingerprint density at radius 1 is 1.05 bits per heavy atom. The number of carboxylic acid groups (broad SMARTS) is 1. The first-order valence-corrected chi connectivity index (χ1v) is 15.7. The van der Waals surface area contributed by atoms with Crippen molar-refractivity contribution in [1.29, 1.82) is 0 Å². The van der Waals surface area contributed by atoms with Crippen LogP contribution in [0, 0.1) is 28.6 Å². The van der Waals surface area contributed by atoms with Crippen LogP contribution in [0.25, 0.3) is 0 Å². The van der Waals surface area contributed by atoms with E-state index in [0.29, 0.717) is 18.4 Å². The van der Waals surface area contributed by atoms with Crippen LogP contribution in [0.1, 0.15) is 102 Å². The van der Waals surface area contributed by atoms with Crippen LogP contribution in [-0.2, 0) is 0 Å². The molecule has 1 saturated heterocycles. The maximum Gasteiger partial charge on any atom is 0.407 e. The molecule has 1 aromatic rings. The van der Waals surface area contributed by atoms with Crippen molar-refractivity contribution in [2.75, 3.05) is 26.2 Å². The molecule has 8 atom stereocenters. The summed E-state index contributed by atoms with van der Waals surface area (Å²) < 4.78 is 5.23. The minimum Gasteiger partial charge on any atom is -0.465 e. The number of fused-ring (bicyclic) bond motifs is 5. The van der Waals surface area contributed by atoms with Gasteiger partial charge in [0.05, 0.1) is 11.9 Å². The van der Waals surface area contributed by atoms with E-state index in [-0.39, 0.29) is 34.3 Å². The van der Waals surface area contributed by atoms with E-state index in [1.807, 2.05) is 6.07 Å². The predicted molar refractivity (Wildman–Crippen MR) is 150 cm³/mol. The first kappa shape index (κ1) is 27.3. The van der Waals surface area contributed by atoms with Gasteiger partial charge in [0.1, 0.15) is 0 Å². The largest absolute Gasteiger partial charge is 0.465 e. The van der Waals surface area contributed by atoms with Gasteiger partial charge in [-0.25, -0.2) is 9.59 Å². The number of carbonyl (C=O) groups is 1. The maximum absolute atomic E-state index is 12.5. The number of aliphatic hydroxyl groups is 1. The number of likely N-dealkylation sites (tertiary alicyclic amines) is 1. The van der Waals surface area contributed by atoms with Gasteiger partial charge in [-0.05, 0) is 137 Å². The zero-order chi connectivity index (χ0) is 27.4. The number of hydrogen-bond donors (Lipinski definition) is 2. The second-order valence-corrected chi connectivity index (χ2v) is 14.2. The summed E-state index contributed by atoms with van der Waals surface area (Å²) in [6.07, 6.45) is 13.2. The molecule has 216 valence electrons. The Kier molecular flexibility index (Phi) is 7.15. The maximum atomic E-state index is 12.5. The standard InChI is InChI=1S/C32H48N2O5/c1-30-13-10-24(34(29(36)37)19-5-18-33-16-3-4-17-33)20-23(30)7-8-27-26(30)11-14-31(2)25(12-15-32(27,31)38)22-6-9-28(35)39-21-22/h6,9,21,23-27,38H,3-5,7-8,10-20H2,1-2H3,(H,36,37)/t23-,24+,25-,26+,27-,30+,31-,32+/m1/s1. The highest BCUT2D eigenvalue weighted by Gasteiger charge is 2.67. The molecular weight excluding hydrogens is 492 g/mol. The Bertz CT molecular complexity index is 1100. The average molecular weight is 541 g/mol. The Hall–Kier alpha value is -1.86. The van der Waals surface area contributed by atoms with Crippen molar-refractivity contribution < 1.29 is 19.4 Å². The molecule has 0 unspecified atom stereocenters. The van der Waals surface area contributed by atoms with Gasteiger partial charge in [-0.3, -0.25) is 0 Å². The van der Waals surface area contributed by atoms with E-state index in [1.54, 1.807) is 11.2 Å². The molecule has 6 rings (SSSR count). The highest BCUT2D eigenvalue weighted by molar-refractivity contribution is 5.65. The molecule has 4 aliphatic carbocycles. The minimum absolute atomic E-state index is 0.122. The highest BCUT2D eigenvalue weighted by Crippen LogP contribution is 2.70. The van der Waals surface area contributed by atoms with Gasteiger partial charge in [0.2, 0.25) is 0 Å². The molecule has 7 heteroatoms. The van der Waals surface area contributed by atoms with Crippen LogP contribution in [-0.4, -0.2) is 63.9 Å². The molecule has 2 heterocycles. The van der Waals surface area contributed by atoms with Crippen molar-refractivity contribution in [2.24, 2.45) is 28.6 Å². The molecule has 0 aromatic carbocycles. The highest BCUT2D eigenvalue weighted by atomic mass is 16.4. The van der Waals surface area contributed by atoms with Crippen molar-refractivity contribution >= 4 is 6.09 Å². The lowest BCUT2D eigenvalue weighted by molar-refractivity contribution is -0.203. The second-order valence-electron chi connectivity index (χ2n) is 14.2. The van der Waals surface area contributed by atoms with Crippen LogP contribution >= 0.6 is 0 Å². The third kappa shape index (κ3) is 4.46. The Morgan fingerprint density at radius 3 is 2.56 bits per heavy atom. The number of nitrogens with zero attached hydrogens (tertiary/aromatic N) is 2. The molecule has 39 heavy (non-hydrogen) atoms. The number of rotatable bonds is 6. The van der Waals surface area contributed by atoms with Crippen molar-refractivity contribution in [3.63, 3.8) is 0 Å². The van der Waals surface area contributed by atoms with Gasteiger partial charge < -0.3 is 24.4 Å². The second kappa shape index (κ2) is 10.2. The van der Waals surface area contributed by atoms with Gasteiger partial charge in [0.15, 0.2) is 0 Å². The Labute approximate surface area is 232 Å². The fourth-order valence-electron chi connectivity index (χ4n) is 10.5. The first-order chi connectivity index (χ1) is 18.7. The molecule has 1 amide bonds. The molecular formula is C32H48N2O5. The lowest BCUT2D eigenvalue weighted by Crippen LogP contribution is -2.62. The summed E-state index contributed by atoms with van der Waals surface area (Å²) in [4.78, 5) is 28.1. The van der Waals surface area contributed by atoms with E-state index >= 15 is 0 Å². The smallest absolute Gasteiger partial charge is 0.407 e. The summed E-state index contributed by atoms with van der Waals surface area (Å²) in [6.45, 7) is 8.72. The van der Waals surface area contributed by atoms with Crippen LogP contribution in [0.5, 0.6) is 0 Å². The molecule has 5 fully saturated rings. The summed E-state index contributed by atoms with van der Waals surface area (Å²) >= 11 is 0. The quantitative estimate of drug-likeness (QED) is 0.480. The van der Waals surface area contributed by atoms with Gasteiger partial charge in [0, 0.05) is 24.1 Å². The summed E-state index contributed by atoms with van der Waals surface area (Å²) in [5, 5.41) is 22.6. The van der Waals surface area contributed by atoms with Crippen LogP contribution in [0.15, 0.2) is 27.6 Å². The lowest BCUT2D eigenvalue weighted by atomic mass is 9.43. The van der Waals surface area contributed by atoms with E-state index in [1.165, 1.54) is 18.9 Å². The topological polar surface area (TPSA) is 94.2 Å². The van der Waals surface area contributed by atoms with Gasteiger partial charge in [-0.1, -0.05) is 13.8 Å². The van der Waals surface area contributed by atoms with Crippen LogP contribution in [0.2, 0.25) is 0 Å².